The van der Waals surface area contributed by atoms with Gasteiger partial charge in [-0.25, -0.2) is 0 Å². The van der Waals surface area contributed by atoms with Gasteiger partial charge in [-0.05, 0) is 54.3 Å². The highest BCUT2D eigenvalue weighted by Gasteiger charge is 2.72. The van der Waals surface area contributed by atoms with Gasteiger partial charge in [0.25, 0.3) is 0 Å². The molecule has 0 aromatic carbocycles. The van der Waals surface area contributed by atoms with Gasteiger partial charge < -0.3 is 0 Å². The fraction of sp³-hybridized carbons (Fsp3) is 1.00. The van der Waals surface area contributed by atoms with Crippen molar-refractivity contribution < 1.29 is 0 Å². The van der Waals surface area contributed by atoms with Crippen LogP contribution in [0.25, 0.3) is 0 Å². The van der Waals surface area contributed by atoms with Crippen LogP contribution in [0.2, 0.25) is 5.21 Å². The molecule has 3 aliphatic rings. The van der Waals surface area contributed by atoms with Crippen LogP contribution in [0, 0.1) is 28.6 Å². The molecule has 3 fully saturated rings. The van der Waals surface area contributed by atoms with Gasteiger partial charge in [0.2, 0.25) is 0 Å². The third kappa shape index (κ3) is 1.10. The Balaban J connectivity index is 1.83. The van der Waals surface area contributed by atoms with Crippen molar-refractivity contribution in [1.82, 2.24) is 0 Å². The number of hydrogen-bond acceptors (Lipinski definition) is 0. The van der Waals surface area contributed by atoms with Crippen molar-refractivity contribution in [3.05, 3.63) is 0 Å². The predicted molar refractivity (Wildman–Crippen MR) is 75.2 cm³/mol. The minimum absolute atomic E-state index is 0.505. The fourth-order valence-electron chi connectivity index (χ4n) is 4.95. The molecule has 0 amide bonds. The summed E-state index contributed by atoms with van der Waals surface area (Å²) in [5.74, 6) is 3.27. The molecule has 0 radical (unpaired) electrons. The predicted octanol–water partition coefficient (Wildman–Crippen LogP) is 2.24. The summed E-state index contributed by atoms with van der Waals surface area (Å²) in [5.41, 5.74) is 1.40. The van der Waals surface area contributed by atoms with Gasteiger partial charge in [-0.3, -0.25) is 0 Å². The van der Waals surface area contributed by atoms with Crippen molar-refractivity contribution in [1.29, 1.82) is 0 Å². The zero-order valence-electron chi connectivity index (χ0n) is 11.8. The Labute approximate surface area is 103 Å². The second-order valence-corrected chi connectivity index (χ2v) is 8.08. The molecule has 0 heterocycles. The maximum absolute atomic E-state index is 2.55. The molecule has 88 valence electrons. The van der Waals surface area contributed by atoms with Crippen LogP contribution in [0.1, 0.15) is 52.9 Å². The Kier molecular flexibility index (Phi) is 2.05. The number of hydrogen-bond donors (Lipinski definition) is 0. The lowest BCUT2D eigenvalue weighted by Gasteiger charge is -2.47. The van der Waals surface area contributed by atoms with E-state index < -0.39 is 0 Å². The summed E-state index contributed by atoms with van der Waals surface area (Å²) in [6.45, 7) is 7.35. The first kappa shape index (κ1) is 11.2. The first-order valence-corrected chi connectivity index (χ1v) is 7.35. The van der Waals surface area contributed by atoms with Crippen LogP contribution in [0.4, 0.5) is 0 Å². The van der Waals surface area contributed by atoms with E-state index in [-0.39, 0.29) is 0 Å². The summed E-state index contributed by atoms with van der Waals surface area (Å²) in [7, 11) is 5.11. The molecule has 4 atom stereocenters. The zero-order chi connectivity index (χ0) is 11.8. The molecule has 3 saturated carbocycles. The van der Waals surface area contributed by atoms with Crippen LogP contribution < -0.4 is 0 Å². The molecular weight excluding hydrogens is 190 g/mol. The molecule has 2 heteroatoms. The number of rotatable bonds is 3. The Morgan fingerprint density at radius 1 is 1.31 bits per heavy atom. The molecule has 0 N–H and O–H groups in total. The van der Waals surface area contributed by atoms with E-state index in [1.165, 1.54) is 6.42 Å². The monoisotopic (exact) mass is 216 g/mol. The van der Waals surface area contributed by atoms with E-state index in [0.29, 0.717) is 10.6 Å². The van der Waals surface area contributed by atoms with E-state index in [0.717, 1.165) is 23.2 Å². The molecule has 0 aliphatic heterocycles. The molecule has 3 rings (SSSR count). The van der Waals surface area contributed by atoms with E-state index >= 15 is 0 Å². The summed E-state index contributed by atoms with van der Waals surface area (Å²) in [6.07, 6.45) is 7.59. The van der Waals surface area contributed by atoms with E-state index in [4.69, 9.17) is 0 Å². The lowest BCUT2D eigenvalue weighted by Crippen LogP contribution is -2.39. The van der Waals surface area contributed by atoms with Crippen molar-refractivity contribution >= 4 is 15.7 Å². The van der Waals surface area contributed by atoms with E-state index in [1.54, 1.807) is 25.7 Å². The minimum Gasteiger partial charge on any atom is -0.0766 e. The van der Waals surface area contributed by atoms with E-state index in [9.17, 15) is 0 Å². The molecule has 0 bridgehead atoms. The molecule has 1 spiro atoms. The zero-order valence-corrected chi connectivity index (χ0v) is 11.8. The largest absolute Gasteiger partial charge is 0.100 e. The van der Waals surface area contributed by atoms with Crippen LogP contribution in [0.5, 0.6) is 0 Å². The average Bonchev–Trinajstić information content (AvgIpc) is 2.89. The van der Waals surface area contributed by atoms with Gasteiger partial charge in [0.1, 0.15) is 15.7 Å². The van der Waals surface area contributed by atoms with Crippen LogP contribution in [0.3, 0.4) is 0 Å². The highest BCUT2D eigenvalue weighted by molar-refractivity contribution is 6.40. The fourth-order valence-corrected chi connectivity index (χ4v) is 4.95. The van der Waals surface area contributed by atoms with Gasteiger partial charge >= 0.3 is 0 Å². The molecule has 0 aromatic heterocycles. The van der Waals surface area contributed by atoms with Crippen molar-refractivity contribution in [2.75, 3.05) is 0 Å². The second-order valence-electron chi connectivity index (χ2n) is 8.08. The van der Waals surface area contributed by atoms with E-state index in [2.05, 4.69) is 36.5 Å². The third-order valence-electron chi connectivity index (χ3n) is 7.53. The molecule has 0 aromatic rings. The topological polar surface area (TPSA) is 0 Å². The van der Waals surface area contributed by atoms with Crippen molar-refractivity contribution in [2.24, 2.45) is 28.6 Å². The van der Waals surface area contributed by atoms with Gasteiger partial charge in [-0.15, -0.1) is 0 Å². The van der Waals surface area contributed by atoms with Gasteiger partial charge in [-0.1, -0.05) is 32.4 Å². The Morgan fingerprint density at radius 3 is 2.31 bits per heavy atom. The van der Waals surface area contributed by atoms with Gasteiger partial charge in [0, 0.05) is 0 Å². The van der Waals surface area contributed by atoms with Gasteiger partial charge in [0.15, 0.2) is 0 Å². The third-order valence-corrected chi connectivity index (χ3v) is 7.53. The Morgan fingerprint density at radius 2 is 2.00 bits per heavy atom. The van der Waals surface area contributed by atoms with Crippen LogP contribution in [-0.2, 0) is 0 Å². The summed E-state index contributed by atoms with van der Waals surface area (Å²) in [4.78, 5) is 0. The Hall–Kier alpha value is 0.130. The average molecular weight is 216 g/mol. The lowest BCUT2D eigenvalue weighted by molar-refractivity contribution is 0.158. The lowest BCUT2D eigenvalue weighted by atomic mass is 9.37. The summed E-state index contributed by atoms with van der Waals surface area (Å²) in [5, 5.41) is 0.535. The molecule has 4 unspecified atom stereocenters. The molecule has 0 nitrogen and oxygen atoms in total. The van der Waals surface area contributed by atoms with Crippen LogP contribution in [0.15, 0.2) is 0 Å². The van der Waals surface area contributed by atoms with Crippen molar-refractivity contribution in [3.8, 4) is 0 Å². The summed E-state index contributed by atoms with van der Waals surface area (Å²) in [6, 6.07) is 0. The minimum atomic E-state index is 0.505. The van der Waals surface area contributed by atoms with Gasteiger partial charge in [-0.2, -0.15) is 0 Å². The molecule has 3 aliphatic carbocycles. The van der Waals surface area contributed by atoms with E-state index in [1.807, 2.05) is 0 Å². The first-order valence-electron chi connectivity index (χ1n) is 7.35. The smallest absolute Gasteiger partial charge is 0.0766 e. The standard InChI is InChI=1S/C14H26B2/c1-4-12(2,3)14(15,16)10-7-9-5-6-13(9)8-11(10)13/h9-11H,4-8,15-16H2,1-3H3. The van der Waals surface area contributed by atoms with Crippen LogP contribution >= 0.6 is 0 Å². The van der Waals surface area contributed by atoms with Gasteiger partial charge in [0.05, 0.1) is 0 Å². The molecular formula is C14H26B2. The highest BCUT2D eigenvalue weighted by Crippen LogP contribution is 2.81. The second kappa shape index (κ2) is 2.93. The highest BCUT2D eigenvalue weighted by atomic mass is 14.8. The van der Waals surface area contributed by atoms with Crippen molar-refractivity contribution in [3.63, 3.8) is 0 Å². The normalized spacial score (nSPS) is 45.8. The molecule has 0 saturated heterocycles. The summed E-state index contributed by atoms with van der Waals surface area (Å²) < 4.78 is 0. The quantitative estimate of drug-likeness (QED) is 0.634. The maximum atomic E-state index is 2.55. The SMILES string of the molecule is BC(B)(C1CC2CCC23CC13)C(C)(C)CC. The molecule has 16 heavy (non-hydrogen) atoms. The summed E-state index contributed by atoms with van der Waals surface area (Å²) >= 11 is 0. The Bertz CT molecular complexity index is 321. The first-order chi connectivity index (χ1) is 7.35. The van der Waals surface area contributed by atoms with Crippen molar-refractivity contribution in [2.45, 2.75) is 58.1 Å². The maximum Gasteiger partial charge on any atom is 0.100 e. The van der Waals surface area contributed by atoms with Crippen LogP contribution in [-0.4, -0.2) is 15.7 Å².